The highest BCUT2D eigenvalue weighted by Crippen LogP contribution is 1.85. The second kappa shape index (κ2) is 6.22. The van der Waals surface area contributed by atoms with Crippen molar-refractivity contribution < 1.29 is 9.47 Å². The number of ether oxygens (including phenoxy) is 2. The third-order valence-electron chi connectivity index (χ3n) is 1.09. The smallest absolute Gasteiger partial charge is 0.168 e. The third-order valence-corrected chi connectivity index (χ3v) is 1.88. The summed E-state index contributed by atoms with van der Waals surface area (Å²) < 4.78 is 9.88. The van der Waals surface area contributed by atoms with Gasteiger partial charge >= 0.3 is 0 Å². The molecule has 0 fully saturated rings. The van der Waals surface area contributed by atoms with Crippen molar-refractivity contribution in [2.75, 3.05) is 20.8 Å². The summed E-state index contributed by atoms with van der Waals surface area (Å²) in [5.74, 6) is 0. The lowest BCUT2D eigenvalue weighted by Crippen LogP contribution is -2.30. The molecule has 0 amide bonds. The maximum atomic E-state index is 4.94. The summed E-state index contributed by atoms with van der Waals surface area (Å²) in [5, 5.41) is 0. The van der Waals surface area contributed by atoms with Crippen molar-refractivity contribution in [3.8, 4) is 0 Å². The second-order valence-corrected chi connectivity index (χ2v) is 2.92. The van der Waals surface area contributed by atoms with Crippen LogP contribution < -0.4 is 4.98 Å². The Hall–Kier alpha value is 0.0969. The van der Waals surface area contributed by atoms with Crippen molar-refractivity contribution in [3.05, 3.63) is 0 Å². The molecule has 0 aromatic heterocycles. The van der Waals surface area contributed by atoms with Gasteiger partial charge < -0.3 is 14.5 Å². The Balaban J connectivity index is 3.09. The summed E-state index contributed by atoms with van der Waals surface area (Å²) in [6.45, 7) is 3.00. The van der Waals surface area contributed by atoms with Crippen LogP contribution in [0, 0.1) is 0 Å². The SMILES string of the molecule is COC(CN[SiH2]C)OC. The number of hydrogen-bond acceptors (Lipinski definition) is 3. The number of methoxy groups -OCH3 is 2. The van der Waals surface area contributed by atoms with E-state index in [1.807, 2.05) is 0 Å². The van der Waals surface area contributed by atoms with Crippen LogP contribution in [0.3, 0.4) is 0 Å². The van der Waals surface area contributed by atoms with Crippen molar-refractivity contribution in [2.45, 2.75) is 12.8 Å². The van der Waals surface area contributed by atoms with Gasteiger partial charge in [0.1, 0.15) is 0 Å². The number of nitrogens with one attached hydrogen (secondary N) is 1. The van der Waals surface area contributed by atoms with Crippen LogP contribution in [-0.4, -0.2) is 36.7 Å². The Morgan fingerprint density at radius 1 is 1.44 bits per heavy atom. The molecule has 9 heavy (non-hydrogen) atoms. The molecule has 0 unspecified atom stereocenters. The molecule has 0 spiro atoms. The molecule has 0 aliphatic heterocycles. The molecule has 3 nitrogen and oxygen atoms in total. The number of rotatable bonds is 5. The molecule has 0 rings (SSSR count). The molecular weight excluding hydrogens is 134 g/mol. The van der Waals surface area contributed by atoms with Gasteiger partial charge in [0, 0.05) is 20.8 Å². The first kappa shape index (κ1) is 9.10. The van der Waals surface area contributed by atoms with Crippen LogP contribution in [0.2, 0.25) is 6.55 Å². The van der Waals surface area contributed by atoms with Crippen LogP contribution in [0.15, 0.2) is 0 Å². The summed E-state index contributed by atoms with van der Waals surface area (Å²) >= 11 is 0. The molecule has 0 aliphatic carbocycles. The highest BCUT2D eigenvalue weighted by molar-refractivity contribution is 6.29. The summed E-state index contributed by atoms with van der Waals surface area (Å²) in [7, 11) is 3.23. The van der Waals surface area contributed by atoms with Crippen LogP contribution in [-0.2, 0) is 9.47 Å². The lowest BCUT2D eigenvalue weighted by molar-refractivity contribution is -0.0961. The van der Waals surface area contributed by atoms with Crippen LogP contribution >= 0.6 is 0 Å². The van der Waals surface area contributed by atoms with Crippen molar-refractivity contribution >= 4 is 9.68 Å². The average Bonchev–Trinajstić information content (AvgIpc) is 1.91. The predicted molar refractivity (Wildman–Crippen MR) is 40.2 cm³/mol. The first-order valence-electron chi connectivity index (χ1n) is 3.11. The minimum absolute atomic E-state index is 0.0575. The van der Waals surface area contributed by atoms with E-state index >= 15 is 0 Å². The van der Waals surface area contributed by atoms with Crippen molar-refractivity contribution in [2.24, 2.45) is 0 Å². The van der Waals surface area contributed by atoms with Gasteiger partial charge in [-0.2, -0.15) is 0 Å². The fraction of sp³-hybridized carbons (Fsp3) is 1.00. The molecule has 1 N–H and O–H groups in total. The van der Waals surface area contributed by atoms with E-state index in [2.05, 4.69) is 11.5 Å². The van der Waals surface area contributed by atoms with Crippen molar-refractivity contribution in [3.63, 3.8) is 0 Å². The largest absolute Gasteiger partial charge is 0.355 e. The van der Waals surface area contributed by atoms with Crippen LogP contribution in [0.5, 0.6) is 0 Å². The van der Waals surface area contributed by atoms with Gasteiger partial charge in [0.25, 0.3) is 0 Å². The minimum Gasteiger partial charge on any atom is -0.355 e. The maximum Gasteiger partial charge on any atom is 0.168 e. The Kier molecular flexibility index (Phi) is 6.29. The summed E-state index contributed by atoms with van der Waals surface area (Å²) in [5.41, 5.74) is 0. The lowest BCUT2D eigenvalue weighted by Gasteiger charge is -2.12. The molecule has 0 atom stereocenters. The van der Waals surface area contributed by atoms with E-state index in [4.69, 9.17) is 9.47 Å². The van der Waals surface area contributed by atoms with Gasteiger partial charge in [0.05, 0.1) is 9.68 Å². The molecule has 0 saturated carbocycles. The van der Waals surface area contributed by atoms with Crippen LogP contribution in [0.25, 0.3) is 0 Å². The zero-order valence-electron chi connectivity index (χ0n) is 6.31. The van der Waals surface area contributed by atoms with Gasteiger partial charge in [-0.15, -0.1) is 0 Å². The van der Waals surface area contributed by atoms with E-state index in [-0.39, 0.29) is 16.0 Å². The van der Waals surface area contributed by atoms with Crippen molar-refractivity contribution in [1.29, 1.82) is 0 Å². The molecular formula is C5H15NO2Si. The number of hydrogen-bond donors (Lipinski definition) is 1. The van der Waals surface area contributed by atoms with Gasteiger partial charge in [-0.3, -0.25) is 0 Å². The molecule has 0 bridgehead atoms. The van der Waals surface area contributed by atoms with E-state index in [1.165, 1.54) is 0 Å². The molecule has 0 aliphatic rings. The normalized spacial score (nSPS) is 12.0. The van der Waals surface area contributed by atoms with Gasteiger partial charge in [-0.25, -0.2) is 0 Å². The fourth-order valence-corrected chi connectivity index (χ4v) is 1.05. The summed E-state index contributed by atoms with van der Waals surface area (Å²) in [6.07, 6.45) is -0.0718. The molecule has 4 heteroatoms. The first-order chi connectivity index (χ1) is 4.35. The molecule has 0 saturated heterocycles. The Bertz CT molecular complexity index is 58.9. The Labute approximate surface area is 58.6 Å². The van der Waals surface area contributed by atoms with Gasteiger partial charge in [0.15, 0.2) is 6.29 Å². The Morgan fingerprint density at radius 3 is 2.33 bits per heavy atom. The van der Waals surface area contributed by atoms with Gasteiger partial charge in [0.2, 0.25) is 0 Å². The van der Waals surface area contributed by atoms with E-state index < -0.39 is 0 Å². The fourth-order valence-electron chi connectivity index (χ4n) is 0.525. The molecule has 56 valence electrons. The van der Waals surface area contributed by atoms with E-state index in [1.54, 1.807) is 14.2 Å². The summed E-state index contributed by atoms with van der Waals surface area (Å²) in [6, 6.07) is 0. The van der Waals surface area contributed by atoms with Crippen molar-refractivity contribution in [1.82, 2.24) is 4.98 Å². The Morgan fingerprint density at radius 2 is 2.00 bits per heavy atom. The standard InChI is InChI=1S/C5H15NO2Si/c1-7-5(8-2)4-6-9-3/h5-6H,4,9H2,1-3H3. The van der Waals surface area contributed by atoms with Gasteiger partial charge in [-0.05, 0) is 0 Å². The van der Waals surface area contributed by atoms with Gasteiger partial charge in [-0.1, -0.05) is 6.55 Å². The van der Waals surface area contributed by atoms with E-state index in [0.717, 1.165) is 6.54 Å². The molecule has 0 radical (unpaired) electrons. The summed E-state index contributed by atoms with van der Waals surface area (Å²) in [4.78, 5) is 3.24. The lowest BCUT2D eigenvalue weighted by atomic mass is 10.6. The second-order valence-electron chi connectivity index (χ2n) is 1.71. The molecule has 0 aromatic rings. The third kappa shape index (κ3) is 4.59. The first-order valence-corrected chi connectivity index (χ1v) is 5.23. The molecule has 0 aromatic carbocycles. The van der Waals surface area contributed by atoms with E-state index in [9.17, 15) is 0 Å². The minimum atomic E-state index is -0.0718. The highest BCUT2D eigenvalue weighted by Gasteiger charge is 2.00. The quantitative estimate of drug-likeness (QED) is 0.415. The highest BCUT2D eigenvalue weighted by atomic mass is 28.2. The zero-order chi connectivity index (χ0) is 7.11. The predicted octanol–water partition coefficient (Wildman–Crippen LogP) is -0.673. The monoisotopic (exact) mass is 149 g/mol. The van der Waals surface area contributed by atoms with Crippen LogP contribution in [0.1, 0.15) is 0 Å². The zero-order valence-corrected chi connectivity index (χ0v) is 7.72. The molecule has 0 heterocycles. The maximum absolute atomic E-state index is 4.94. The topological polar surface area (TPSA) is 30.5 Å². The van der Waals surface area contributed by atoms with E-state index in [0.29, 0.717) is 0 Å². The van der Waals surface area contributed by atoms with Crippen LogP contribution in [0.4, 0.5) is 0 Å². The average molecular weight is 149 g/mol.